The Morgan fingerprint density at radius 2 is 1.80 bits per heavy atom. The first kappa shape index (κ1) is 17.5. The van der Waals surface area contributed by atoms with Gasteiger partial charge in [0.05, 0.1) is 20.8 Å². The lowest BCUT2D eigenvalue weighted by Gasteiger charge is -2.31. The molecule has 1 saturated heterocycles. The van der Waals surface area contributed by atoms with Crippen molar-refractivity contribution in [3.8, 4) is 17.4 Å². The number of nitrogens with zero attached hydrogens (tertiary/aromatic N) is 3. The van der Waals surface area contributed by atoms with Gasteiger partial charge >= 0.3 is 0 Å². The first-order valence-electron chi connectivity index (χ1n) is 8.61. The van der Waals surface area contributed by atoms with Crippen molar-refractivity contribution in [2.45, 2.75) is 19.4 Å². The van der Waals surface area contributed by atoms with Gasteiger partial charge in [0.1, 0.15) is 17.2 Å². The summed E-state index contributed by atoms with van der Waals surface area (Å²) in [4.78, 5) is 11.0. The molecule has 134 valence electrons. The van der Waals surface area contributed by atoms with Gasteiger partial charge in [-0.3, -0.25) is 9.88 Å². The molecule has 0 amide bonds. The number of benzene rings is 1. The smallest absolute Gasteiger partial charge is 0.236 e. The Morgan fingerprint density at radius 1 is 1.04 bits per heavy atom. The van der Waals surface area contributed by atoms with Gasteiger partial charge in [-0.15, -0.1) is 0 Å². The molecule has 1 aliphatic heterocycles. The number of rotatable bonds is 7. The molecule has 1 aromatic carbocycles. The lowest BCUT2D eigenvalue weighted by molar-refractivity contribution is 0.134. The van der Waals surface area contributed by atoms with E-state index in [1.54, 1.807) is 26.6 Å². The van der Waals surface area contributed by atoms with Crippen molar-refractivity contribution in [1.82, 2.24) is 14.9 Å². The second-order valence-corrected chi connectivity index (χ2v) is 6.22. The summed E-state index contributed by atoms with van der Waals surface area (Å²) in [6.07, 6.45) is 5.61. The molecule has 0 atom stereocenters. The molecule has 3 rings (SSSR count). The highest BCUT2D eigenvalue weighted by Crippen LogP contribution is 2.24. The van der Waals surface area contributed by atoms with Gasteiger partial charge in [0.15, 0.2) is 0 Å². The lowest BCUT2D eigenvalue weighted by Crippen LogP contribution is -2.35. The van der Waals surface area contributed by atoms with E-state index in [1.165, 1.54) is 0 Å². The van der Waals surface area contributed by atoms with Crippen molar-refractivity contribution in [3.05, 3.63) is 42.4 Å². The molecule has 25 heavy (non-hydrogen) atoms. The number of aromatic nitrogens is 2. The van der Waals surface area contributed by atoms with Crippen LogP contribution in [0.15, 0.2) is 36.7 Å². The zero-order chi connectivity index (χ0) is 17.5. The Hall–Kier alpha value is -2.34. The Balaban J connectivity index is 1.45. The maximum absolute atomic E-state index is 5.94. The van der Waals surface area contributed by atoms with Gasteiger partial charge in [-0.2, -0.15) is 0 Å². The average molecular weight is 343 g/mol. The maximum Gasteiger partial charge on any atom is 0.236 e. The highest BCUT2D eigenvalue weighted by molar-refractivity contribution is 5.32. The molecular weight excluding hydrogens is 318 g/mol. The first-order valence-corrected chi connectivity index (χ1v) is 8.61. The standard InChI is InChI=1S/C19H25N3O3/c1-23-16-4-3-5-17(12-16)25-14-15-6-10-22(11-7-15)13-18-19(24-2)21-9-8-20-18/h3-5,8-9,12,15H,6-7,10-11,13-14H2,1-2H3. The van der Waals surface area contributed by atoms with Crippen LogP contribution in [0.5, 0.6) is 17.4 Å². The van der Waals surface area contributed by atoms with E-state index in [2.05, 4.69) is 14.9 Å². The number of piperidine rings is 1. The predicted octanol–water partition coefficient (Wildman–Crippen LogP) is 2.78. The van der Waals surface area contributed by atoms with Crippen LogP contribution >= 0.6 is 0 Å². The second-order valence-electron chi connectivity index (χ2n) is 6.22. The summed E-state index contributed by atoms with van der Waals surface area (Å²) in [5.74, 6) is 2.88. The molecule has 1 aliphatic rings. The third-order valence-corrected chi connectivity index (χ3v) is 4.54. The molecule has 2 aromatic rings. The summed E-state index contributed by atoms with van der Waals surface area (Å²) in [6.45, 7) is 3.59. The lowest BCUT2D eigenvalue weighted by atomic mass is 9.97. The Morgan fingerprint density at radius 3 is 2.56 bits per heavy atom. The van der Waals surface area contributed by atoms with E-state index in [-0.39, 0.29) is 0 Å². The van der Waals surface area contributed by atoms with E-state index in [1.807, 2.05) is 24.3 Å². The molecule has 1 aromatic heterocycles. The molecular formula is C19H25N3O3. The van der Waals surface area contributed by atoms with Crippen LogP contribution in [0.1, 0.15) is 18.5 Å². The third-order valence-electron chi connectivity index (χ3n) is 4.54. The fourth-order valence-corrected chi connectivity index (χ4v) is 3.06. The number of likely N-dealkylation sites (tertiary alicyclic amines) is 1. The molecule has 0 unspecified atom stereocenters. The first-order chi connectivity index (χ1) is 12.3. The number of ether oxygens (including phenoxy) is 3. The summed E-state index contributed by atoms with van der Waals surface area (Å²) in [6, 6.07) is 7.77. The van der Waals surface area contributed by atoms with Crippen molar-refractivity contribution >= 4 is 0 Å². The normalized spacial score (nSPS) is 15.8. The fraction of sp³-hybridized carbons (Fsp3) is 0.474. The summed E-state index contributed by atoms with van der Waals surface area (Å²) in [5.41, 5.74) is 0.899. The van der Waals surface area contributed by atoms with Crippen LogP contribution in [0.3, 0.4) is 0 Å². The van der Waals surface area contributed by atoms with Crippen LogP contribution in [0.25, 0.3) is 0 Å². The van der Waals surface area contributed by atoms with Crippen LogP contribution in [0.4, 0.5) is 0 Å². The topological polar surface area (TPSA) is 56.7 Å². The third kappa shape index (κ3) is 4.82. The van der Waals surface area contributed by atoms with Gasteiger partial charge in [0.25, 0.3) is 0 Å². The van der Waals surface area contributed by atoms with E-state index in [0.717, 1.165) is 56.3 Å². The van der Waals surface area contributed by atoms with Crippen LogP contribution in [-0.2, 0) is 6.54 Å². The van der Waals surface area contributed by atoms with Crippen LogP contribution < -0.4 is 14.2 Å². The number of hydrogen-bond acceptors (Lipinski definition) is 6. The van der Waals surface area contributed by atoms with Gasteiger partial charge in [-0.1, -0.05) is 6.07 Å². The minimum atomic E-state index is 0.575. The number of methoxy groups -OCH3 is 2. The molecule has 2 heterocycles. The fourth-order valence-electron chi connectivity index (χ4n) is 3.06. The minimum absolute atomic E-state index is 0.575. The van der Waals surface area contributed by atoms with E-state index in [9.17, 15) is 0 Å². The highest BCUT2D eigenvalue weighted by Gasteiger charge is 2.21. The number of hydrogen-bond donors (Lipinski definition) is 0. The summed E-state index contributed by atoms with van der Waals surface area (Å²) in [5, 5.41) is 0. The molecule has 6 heteroatoms. The Labute approximate surface area is 148 Å². The molecule has 0 aliphatic carbocycles. The predicted molar refractivity (Wildman–Crippen MR) is 95.1 cm³/mol. The SMILES string of the molecule is COc1cccc(OCC2CCN(Cc3nccnc3OC)CC2)c1. The van der Waals surface area contributed by atoms with Gasteiger partial charge in [0, 0.05) is 25.0 Å². The summed E-state index contributed by atoms with van der Waals surface area (Å²) < 4.78 is 16.4. The second kappa shape index (κ2) is 8.67. The molecule has 0 saturated carbocycles. The van der Waals surface area contributed by atoms with Gasteiger partial charge in [-0.05, 0) is 44.0 Å². The van der Waals surface area contributed by atoms with Crippen molar-refractivity contribution in [1.29, 1.82) is 0 Å². The van der Waals surface area contributed by atoms with Gasteiger partial charge in [0.2, 0.25) is 5.88 Å². The van der Waals surface area contributed by atoms with Crippen molar-refractivity contribution < 1.29 is 14.2 Å². The molecule has 0 radical (unpaired) electrons. The average Bonchev–Trinajstić information content (AvgIpc) is 2.68. The van der Waals surface area contributed by atoms with E-state index < -0.39 is 0 Å². The molecule has 1 fully saturated rings. The van der Waals surface area contributed by atoms with Crippen LogP contribution in [0, 0.1) is 5.92 Å². The molecule has 0 N–H and O–H groups in total. The zero-order valence-electron chi connectivity index (χ0n) is 14.9. The molecule has 0 bridgehead atoms. The van der Waals surface area contributed by atoms with Crippen molar-refractivity contribution in [2.75, 3.05) is 33.9 Å². The summed E-state index contributed by atoms with van der Waals surface area (Å²) in [7, 11) is 3.30. The highest BCUT2D eigenvalue weighted by atomic mass is 16.5. The molecule has 0 spiro atoms. The zero-order valence-corrected chi connectivity index (χ0v) is 14.9. The quantitative estimate of drug-likeness (QED) is 0.770. The van der Waals surface area contributed by atoms with Crippen molar-refractivity contribution in [3.63, 3.8) is 0 Å². The minimum Gasteiger partial charge on any atom is -0.497 e. The Kier molecular flexibility index (Phi) is 6.06. The largest absolute Gasteiger partial charge is 0.497 e. The summed E-state index contributed by atoms with van der Waals surface area (Å²) >= 11 is 0. The van der Waals surface area contributed by atoms with Gasteiger partial charge < -0.3 is 14.2 Å². The van der Waals surface area contributed by atoms with Crippen LogP contribution in [0.2, 0.25) is 0 Å². The monoisotopic (exact) mass is 343 g/mol. The van der Waals surface area contributed by atoms with Gasteiger partial charge in [-0.25, -0.2) is 4.98 Å². The van der Waals surface area contributed by atoms with Crippen LogP contribution in [-0.4, -0.2) is 48.8 Å². The molecule has 6 nitrogen and oxygen atoms in total. The van der Waals surface area contributed by atoms with E-state index in [0.29, 0.717) is 11.8 Å². The van der Waals surface area contributed by atoms with E-state index >= 15 is 0 Å². The Bertz CT molecular complexity index is 672. The van der Waals surface area contributed by atoms with Crippen molar-refractivity contribution in [2.24, 2.45) is 5.92 Å². The maximum atomic E-state index is 5.94. The van der Waals surface area contributed by atoms with E-state index in [4.69, 9.17) is 14.2 Å².